The summed E-state index contributed by atoms with van der Waals surface area (Å²) in [6, 6.07) is -2.75. The van der Waals surface area contributed by atoms with Gasteiger partial charge in [0, 0.05) is 6.54 Å². The van der Waals surface area contributed by atoms with Gasteiger partial charge in [0.2, 0.25) is 17.7 Å². The molecular formula is C16H26N4O5. The number of carbonyl (C=O) groups excluding carboxylic acids is 3. The van der Waals surface area contributed by atoms with Gasteiger partial charge in [0.15, 0.2) is 0 Å². The number of amides is 3. The van der Waals surface area contributed by atoms with Crippen LogP contribution in [0.1, 0.15) is 39.5 Å². The van der Waals surface area contributed by atoms with Crippen molar-refractivity contribution in [2.24, 2.45) is 0 Å². The number of nitrogens with zero attached hydrogens (tertiary/aromatic N) is 1. The van der Waals surface area contributed by atoms with E-state index in [1.54, 1.807) is 6.92 Å². The Morgan fingerprint density at radius 3 is 2.40 bits per heavy atom. The first-order valence-corrected chi connectivity index (χ1v) is 8.68. The molecular weight excluding hydrogens is 328 g/mol. The van der Waals surface area contributed by atoms with Gasteiger partial charge in [-0.3, -0.25) is 14.4 Å². The fourth-order valence-corrected chi connectivity index (χ4v) is 3.22. The molecule has 3 amide bonds. The van der Waals surface area contributed by atoms with Crippen LogP contribution < -0.4 is 16.0 Å². The maximum atomic E-state index is 12.4. The molecule has 9 nitrogen and oxygen atoms in total. The van der Waals surface area contributed by atoms with Gasteiger partial charge in [-0.1, -0.05) is 0 Å². The third-order valence-electron chi connectivity index (χ3n) is 4.68. The van der Waals surface area contributed by atoms with Gasteiger partial charge in [0.25, 0.3) is 0 Å². The summed E-state index contributed by atoms with van der Waals surface area (Å²) in [4.78, 5) is 49.1. The Balaban J connectivity index is 1.84. The Hall–Kier alpha value is -2.16. The van der Waals surface area contributed by atoms with Crippen LogP contribution in [0.25, 0.3) is 0 Å². The van der Waals surface area contributed by atoms with E-state index in [0.29, 0.717) is 19.4 Å². The van der Waals surface area contributed by atoms with Crippen molar-refractivity contribution < 1.29 is 24.3 Å². The monoisotopic (exact) mass is 354 g/mol. The summed E-state index contributed by atoms with van der Waals surface area (Å²) >= 11 is 0. The first-order valence-electron chi connectivity index (χ1n) is 8.68. The molecule has 2 saturated heterocycles. The number of carboxylic acid groups (broad SMARTS) is 1. The lowest BCUT2D eigenvalue weighted by molar-refractivity contribution is -0.149. The van der Waals surface area contributed by atoms with Crippen LogP contribution in [-0.4, -0.2) is 71.0 Å². The number of nitrogens with one attached hydrogen (secondary N) is 3. The number of likely N-dealkylation sites (tertiary alicyclic amines) is 1. The van der Waals surface area contributed by atoms with Crippen molar-refractivity contribution >= 4 is 23.7 Å². The van der Waals surface area contributed by atoms with Crippen molar-refractivity contribution in [2.75, 3.05) is 13.1 Å². The van der Waals surface area contributed by atoms with Gasteiger partial charge < -0.3 is 26.0 Å². The number of rotatable bonds is 6. The maximum absolute atomic E-state index is 12.4. The minimum atomic E-state index is -1.03. The third-order valence-corrected chi connectivity index (χ3v) is 4.68. The second-order valence-electron chi connectivity index (χ2n) is 6.64. The highest BCUT2D eigenvalue weighted by Gasteiger charge is 2.36. The molecule has 0 aromatic carbocycles. The van der Waals surface area contributed by atoms with E-state index in [0.717, 1.165) is 19.4 Å². The Morgan fingerprint density at radius 2 is 1.80 bits per heavy atom. The van der Waals surface area contributed by atoms with Gasteiger partial charge in [-0.15, -0.1) is 0 Å². The van der Waals surface area contributed by atoms with Crippen molar-refractivity contribution in [1.29, 1.82) is 0 Å². The lowest BCUT2D eigenvalue weighted by Crippen LogP contribution is -2.55. The first kappa shape index (κ1) is 19.2. The maximum Gasteiger partial charge on any atom is 0.326 e. The zero-order valence-corrected chi connectivity index (χ0v) is 14.6. The molecule has 4 N–H and O–H groups in total. The van der Waals surface area contributed by atoms with E-state index in [9.17, 15) is 19.2 Å². The van der Waals surface area contributed by atoms with Crippen LogP contribution in [0.15, 0.2) is 0 Å². The molecule has 2 rings (SSSR count). The molecule has 0 bridgehead atoms. The van der Waals surface area contributed by atoms with Crippen LogP contribution in [0.3, 0.4) is 0 Å². The molecule has 9 heteroatoms. The van der Waals surface area contributed by atoms with Crippen molar-refractivity contribution in [2.45, 2.75) is 63.7 Å². The van der Waals surface area contributed by atoms with Gasteiger partial charge in [0.05, 0.1) is 6.04 Å². The highest BCUT2D eigenvalue weighted by Crippen LogP contribution is 2.18. The van der Waals surface area contributed by atoms with Gasteiger partial charge in [0.1, 0.15) is 18.1 Å². The quantitative estimate of drug-likeness (QED) is 0.476. The van der Waals surface area contributed by atoms with E-state index < -0.39 is 35.9 Å². The topological polar surface area (TPSA) is 128 Å². The number of aliphatic carboxylic acids is 1. The number of carboxylic acids is 1. The van der Waals surface area contributed by atoms with Crippen LogP contribution in [0.2, 0.25) is 0 Å². The Labute approximate surface area is 146 Å². The molecule has 0 saturated carbocycles. The summed E-state index contributed by atoms with van der Waals surface area (Å²) in [6.07, 6.45) is 2.71. The number of hydrogen-bond acceptors (Lipinski definition) is 5. The third kappa shape index (κ3) is 4.68. The molecule has 0 aromatic rings. The van der Waals surface area contributed by atoms with Gasteiger partial charge in [-0.25, -0.2) is 4.79 Å². The molecule has 4 unspecified atom stereocenters. The van der Waals surface area contributed by atoms with Crippen molar-refractivity contribution in [3.63, 3.8) is 0 Å². The largest absolute Gasteiger partial charge is 0.480 e. The zero-order chi connectivity index (χ0) is 18.6. The summed E-state index contributed by atoms with van der Waals surface area (Å²) in [5.74, 6) is -2.16. The summed E-state index contributed by atoms with van der Waals surface area (Å²) in [7, 11) is 0. The van der Waals surface area contributed by atoms with Crippen molar-refractivity contribution in [3.05, 3.63) is 0 Å². The zero-order valence-electron chi connectivity index (χ0n) is 14.6. The van der Waals surface area contributed by atoms with E-state index >= 15 is 0 Å². The lowest BCUT2D eigenvalue weighted by Gasteiger charge is -2.26. The molecule has 4 atom stereocenters. The summed E-state index contributed by atoms with van der Waals surface area (Å²) in [6.45, 7) is 4.22. The van der Waals surface area contributed by atoms with Crippen LogP contribution >= 0.6 is 0 Å². The van der Waals surface area contributed by atoms with Crippen molar-refractivity contribution in [1.82, 2.24) is 20.9 Å². The van der Waals surface area contributed by atoms with Crippen LogP contribution in [0, 0.1) is 0 Å². The SMILES string of the molecule is CC(NC(=O)C1CCCN1)C(=O)NC(C)C(=O)N1CCCC1C(=O)O. The Kier molecular flexibility index (Phi) is 6.35. The van der Waals surface area contributed by atoms with Crippen LogP contribution in [0.4, 0.5) is 0 Å². The molecule has 2 fully saturated rings. The molecule has 25 heavy (non-hydrogen) atoms. The average molecular weight is 354 g/mol. The van der Waals surface area contributed by atoms with Crippen LogP contribution in [0.5, 0.6) is 0 Å². The minimum absolute atomic E-state index is 0.232. The van der Waals surface area contributed by atoms with E-state index in [2.05, 4.69) is 16.0 Å². The van der Waals surface area contributed by atoms with Gasteiger partial charge in [-0.2, -0.15) is 0 Å². The average Bonchev–Trinajstić information content (AvgIpc) is 3.24. The highest BCUT2D eigenvalue weighted by atomic mass is 16.4. The minimum Gasteiger partial charge on any atom is -0.480 e. The van der Waals surface area contributed by atoms with E-state index in [1.165, 1.54) is 11.8 Å². The molecule has 2 aliphatic rings. The standard InChI is InChI=1S/C16H26N4O5/c1-9(18-14(22)11-5-3-7-17-11)13(21)19-10(2)15(23)20-8-4-6-12(20)16(24)25/h9-12,17H,3-8H2,1-2H3,(H,18,22)(H,19,21)(H,24,25). The number of carbonyl (C=O) groups is 4. The summed E-state index contributed by atoms with van der Waals surface area (Å²) < 4.78 is 0. The molecule has 0 radical (unpaired) electrons. The molecule has 0 spiro atoms. The second-order valence-corrected chi connectivity index (χ2v) is 6.64. The summed E-state index contributed by atoms with van der Waals surface area (Å²) in [5, 5.41) is 17.4. The first-order chi connectivity index (χ1) is 11.8. The molecule has 140 valence electrons. The van der Waals surface area contributed by atoms with E-state index in [1.807, 2.05) is 0 Å². The molecule has 0 aliphatic carbocycles. The molecule has 0 aromatic heterocycles. The smallest absolute Gasteiger partial charge is 0.326 e. The fourth-order valence-electron chi connectivity index (χ4n) is 3.22. The van der Waals surface area contributed by atoms with Crippen LogP contribution in [-0.2, 0) is 19.2 Å². The highest BCUT2D eigenvalue weighted by molar-refractivity contribution is 5.94. The molecule has 2 aliphatic heterocycles. The number of hydrogen-bond donors (Lipinski definition) is 4. The lowest BCUT2D eigenvalue weighted by atomic mass is 10.2. The Bertz CT molecular complexity index is 547. The Morgan fingerprint density at radius 1 is 1.08 bits per heavy atom. The normalized spacial score (nSPS) is 25.3. The van der Waals surface area contributed by atoms with Gasteiger partial charge in [-0.05, 0) is 46.1 Å². The predicted molar refractivity (Wildman–Crippen MR) is 88.6 cm³/mol. The summed E-state index contributed by atoms with van der Waals surface area (Å²) in [5.41, 5.74) is 0. The fraction of sp³-hybridized carbons (Fsp3) is 0.750. The molecule has 2 heterocycles. The van der Waals surface area contributed by atoms with Gasteiger partial charge >= 0.3 is 5.97 Å². The van der Waals surface area contributed by atoms with Crippen molar-refractivity contribution in [3.8, 4) is 0 Å². The van der Waals surface area contributed by atoms with E-state index in [-0.39, 0.29) is 11.9 Å². The predicted octanol–water partition coefficient (Wildman–Crippen LogP) is -1.18. The second kappa shape index (κ2) is 8.28. The van der Waals surface area contributed by atoms with E-state index in [4.69, 9.17) is 5.11 Å².